The molecule has 0 aromatic heterocycles. The lowest BCUT2D eigenvalue weighted by Gasteiger charge is -2.18. The van der Waals surface area contributed by atoms with E-state index in [1.807, 2.05) is 0 Å². The van der Waals surface area contributed by atoms with Gasteiger partial charge in [0.15, 0.2) is 0 Å². The van der Waals surface area contributed by atoms with Crippen LogP contribution in [0, 0.1) is 0 Å². The van der Waals surface area contributed by atoms with Gasteiger partial charge in [-0.1, -0.05) is 28.6 Å². The second-order valence-electron chi connectivity index (χ2n) is 2.89. The van der Waals surface area contributed by atoms with Gasteiger partial charge in [0.25, 0.3) is 0 Å². The minimum atomic E-state index is -1.09. The number of rotatable bonds is 2. The van der Waals surface area contributed by atoms with Crippen molar-refractivity contribution in [1.82, 2.24) is 0 Å². The fourth-order valence-electron chi connectivity index (χ4n) is 0.281. The van der Waals surface area contributed by atoms with E-state index in [1.54, 1.807) is 0 Å². The van der Waals surface area contributed by atoms with Crippen LogP contribution < -0.4 is 0 Å². The van der Waals surface area contributed by atoms with E-state index in [-0.39, 0.29) is 16.4 Å². The Kier molecular flexibility index (Phi) is 4.14. The van der Waals surface area contributed by atoms with Crippen LogP contribution in [-0.4, -0.2) is 21.6 Å². The second kappa shape index (κ2) is 3.82. The summed E-state index contributed by atoms with van der Waals surface area (Å²) in [7, 11) is 0.650. The molecular formula is C4H14BO2PS. The van der Waals surface area contributed by atoms with E-state index >= 15 is 0 Å². The van der Waals surface area contributed by atoms with Crippen molar-refractivity contribution in [3.05, 3.63) is 0 Å². The maximum Gasteiger partial charge on any atom is 0.507 e. The zero-order chi connectivity index (χ0) is 7.49. The fourth-order valence-corrected chi connectivity index (χ4v) is 2.53. The number of hydrogen-bond acceptors (Lipinski definition) is 2. The smallest absolute Gasteiger partial charge is 0.419 e. The molecule has 2 nitrogen and oxygen atoms in total. The molecule has 0 rings (SSSR count). The Morgan fingerprint density at radius 3 is 1.89 bits per heavy atom. The van der Waals surface area contributed by atoms with Crippen molar-refractivity contribution in [2.75, 3.05) is 0 Å². The lowest BCUT2D eigenvalue weighted by atomic mass is 10.3. The topological polar surface area (TPSA) is 40.5 Å². The van der Waals surface area contributed by atoms with Gasteiger partial charge in [-0.2, -0.15) is 0 Å². The van der Waals surface area contributed by atoms with E-state index in [9.17, 15) is 0 Å². The van der Waals surface area contributed by atoms with Crippen molar-refractivity contribution >= 4 is 25.4 Å². The predicted octanol–water partition coefficient (Wildman–Crippen LogP) is 0.546. The summed E-state index contributed by atoms with van der Waals surface area (Å²) in [5.41, 5.74) is 0. The molecule has 0 spiro atoms. The summed E-state index contributed by atoms with van der Waals surface area (Å²) in [6, 6.07) is 0. The highest BCUT2D eigenvalue weighted by molar-refractivity contribution is 8.63. The average Bonchev–Trinajstić information content (AvgIpc) is 1.59. The summed E-state index contributed by atoms with van der Waals surface area (Å²) < 4.78 is 0. The van der Waals surface area contributed by atoms with Gasteiger partial charge in [0, 0.05) is 0 Å². The average molecular weight is 168 g/mol. The summed E-state index contributed by atoms with van der Waals surface area (Å²) in [4.78, 5) is 0. The Hall–Kier alpha value is 0.765. The molecule has 0 aromatic rings. The standard InChI is InChI=1S/C4H14BO2PS/c1-4(2,3)8-9-5(6)7/h6-8H,9H2,1-3H3. The van der Waals surface area contributed by atoms with Crippen LogP contribution in [-0.2, 0) is 0 Å². The fraction of sp³-hybridized carbons (Fsp3) is 1.00. The molecule has 5 heteroatoms. The first-order valence-corrected chi connectivity index (χ1v) is 5.88. The van der Waals surface area contributed by atoms with E-state index < -0.39 is 6.40 Å². The van der Waals surface area contributed by atoms with Crippen LogP contribution in [0.1, 0.15) is 20.8 Å². The largest absolute Gasteiger partial charge is 0.507 e. The van der Waals surface area contributed by atoms with Crippen molar-refractivity contribution in [3.63, 3.8) is 0 Å². The summed E-state index contributed by atoms with van der Waals surface area (Å²) in [5.74, 6) is 0. The van der Waals surface area contributed by atoms with Gasteiger partial charge in [0.2, 0.25) is 0 Å². The monoisotopic (exact) mass is 168 g/mol. The predicted molar refractivity (Wildman–Crippen MR) is 48.6 cm³/mol. The van der Waals surface area contributed by atoms with Crippen LogP contribution in [0.2, 0.25) is 0 Å². The second-order valence-corrected chi connectivity index (χ2v) is 7.06. The molecule has 0 bridgehead atoms. The SMILES string of the molecule is CC(C)(C)P[SH2]B(O)O. The normalized spacial score (nSPS) is 15.2. The minimum absolute atomic E-state index is 0.252. The molecule has 1 atom stereocenters. The van der Waals surface area contributed by atoms with Crippen LogP contribution in [0.25, 0.3) is 0 Å². The van der Waals surface area contributed by atoms with E-state index in [4.69, 9.17) is 10.0 Å². The highest BCUT2D eigenvalue weighted by atomic mass is 32.7. The van der Waals surface area contributed by atoms with Gasteiger partial charge in [-0.05, 0) is 5.16 Å². The maximum atomic E-state index is 8.49. The molecule has 0 saturated heterocycles. The van der Waals surface area contributed by atoms with Gasteiger partial charge in [-0.25, -0.2) is 11.2 Å². The van der Waals surface area contributed by atoms with Crippen LogP contribution in [0.5, 0.6) is 0 Å². The summed E-state index contributed by atoms with van der Waals surface area (Å²) in [5, 5.41) is 17.2. The lowest BCUT2D eigenvalue weighted by molar-refractivity contribution is 0.438. The van der Waals surface area contributed by atoms with Gasteiger partial charge in [0.1, 0.15) is 0 Å². The quantitative estimate of drug-likeness (QED) is 0.466. The van der Waals surface area contributed by atoms with Crippen molar-refractivity contribution in [2.24, 2.45) is 0 Å². The molecule has 0 radical (unpaired) electrons. The first-order chi connectivity index (χ1) is 3.92. The molecule has 9 heavy (non-hydrogen) atoms. The maximum absolute atomic E-state index is 8.49. The molecule has 2 N–H and O–H groups in total. The van der Waals surface area contributed by atoms with Crippen LogP contribution in [0.4, 0.5) is 0 Å². The molecule has 0 aliphatic rings. The van der Waals surface area contributed by atoms with Crippen LogP contribution in [0.15, 0.2) is 0 Å². The molecule has 1 unspecified atom stereocenters. The Morgan fingerprint density at radius 2 is 1.78 bits per heavy atom. The van der Waals surface area contributed by atoms with Gasteiger partial charge < -0.3 is 10.0 Å². The zero-order valence-electron chi connectivity index (χ0n) is 5.97. The Labute approximate surface area is 62.0 Å². The molecule has 0 fully saturated rings. The Balaban J connectivity index is 3.28. The summed E-state index contributed by atoms with van der Waals surface area (Å²) in [6.07, 6.45) is -1.09. The first kappa shape index (κ1) is 9.76. The summed E-state index contributed by atoms with van der Waals surface area (Å²) in [6.45, 7) is 6.29. The number of hydrogen-bond donors (Lipinski definition) is 2. The van der Waals surface area contributed by atoms with Crippen molar-refractivity contribution < 1.29 is 10.0 Å². The Morgan fingerprint density at radius 1 is 1.33 bits per heavy atom. The molecular weight excluding hydrogens is 154 g/mol. The van der Waals surface area contributed by atoms with E-state index in [0.717, 1.165) is 0 Å². The first-order valence-electron chi connectivity index (χ1n) is 2.81. The van der Waals surface area contributed by atoms with Gasteiger partial charge in [-0.15, -0.1) is 0 Å². The molecule has 0 aliphatic heterocycles. The van der Waals surface area contributed by atoms with Crippen molar-refractivity contribution in [1.29, 1.82) is 0 Å². The van der Waals surface area contributed by atoms with Gasteiger partial charge in [-0.3, -0.25) is 0 Å². The van der Waals surface area contributed by atoms with E-state index in [2.05, 4.69) is 20.8 Å². The summed E-state index contributed by atoms with van der Waals surface area (Å²) >= 11 is 0.279. The van der Waals surface area contributed by atoms with Crippen LogP contribution >= 0.6 is 19.0 Å². The molecule has 0 saturated carbocycles. The zero-order valence-corrected chi connectivity index (χ0v) is 7.97. The van der Waals surface area contributed by atoms with E-state index in [1.165, 1.54) is 0 Å². The highest BCUT2D eigenvalue weighted by Gasteiger charge is 2.13. The molecule has 0 aliphatic carbocycles. The Bertz CT molecular complexity index is 83.1. The molecule has 0 heterocycles. The van der Waals surface area contributed by atoms with E-state index in [0.29, 0.717) is 7.78 Å². The van der Waals surface area contributed by atoms with Gasteiger partial charge in [0.05, 0.1) is 0 Å². The highest BCUT2D eigenvalue weighted by Crippen LogP contribution is 2.42. The third-order valence-corrected chi connectivity index (χ3v) is 5.19. The molecule has 0 aromatic carbocycles. The third kappa shape index (κ3) is 8.76. The van der Waals surface area contributed by atoms with Crippen LogP contribution in [0.3, 0.4) is 0 Å². The molecule has 56 valence electrons. The van der Waals surface area contributed by atoms with Crippen molar-refractivity contribution in [3.8, 4) is 0 Å². The van der Waals surface area contributed by atoms with Gasteiger partial charge >= 0.3 is 6.40 Å². The van der Waals surface area contributed by atoms with Crippen molar-refractivity contribution in [2.45, 2.75) is 25.9 Å². The third-order valence-electron chi connectivity index (χ3n) is 0.576. The minimum Gasteiger partial charge on any atom is -0.419 e. The molecule has 0 amide bonds. The lowest BCUT2D eigenvalue weighted by Crippen LogP contribution is -2.07.